The third-order valence-electron chi connectivity index (χ3n) is 3.48. The van der Waals surface area contributed by atoms with Crippen LogP contribution in [0, 0.1) is 0 Å². The summed E-state index contributed by atoms with van der Waals surface area (Å²) in [5.41, 5.74) is 0.839. The zero-order valence-corrected chi connectivity index (χ0v) is 14.2. The molecule has 0 aliphatic rings. The second kappa shape index (κ2) is 8.12. The molecular formula is C17H24N4O2. The molecule has 0 saturated heterocycles. The van der Waals surface area contributed by atoms with E-state index in [-0.39, 0.29) is 11.8 Å². The number of aromatic nitrogens is 1. The lowest BCUT2D eigenvalue weighted by atomic mass is 10.3. The minimum Gasteiger partial charge on any atom is -0.364 e. The number of nitrogens with zero attached hydrogens (tertiary/aromatic N) is 4. The average Bonchev–Trinajstić information content (AvgIpc) is 2.52. The van der Waals surface area contributed by atoms with E-state index in [0.717, 1.165) is 5.69 Å². The first kappa shape index (κ1) is 18.4. The van der Waals surface area contributed by atoms with Gasteiger partial charge >= 0.3 is 0 Å². The second-order valence-corrected chi connectivity index (χ2v) is 5.18. The van der Waals surface area contributed by atoms with Crippen molar-refractivity contribution in [2.24, 2.45) is 0 Å². The quantitative estimate of drug-likeness (QED) is 0.724. The molecule has 1 heterocycles. The number of carbonyl (C=O) groups is 2. The molecule has 1 aromatic rings. The number of carbonyl (C=O) groups excluding carboxylic acids is 2. The van der Waals surface area contributed by atoms with E-state index >= 15 is 0 Å². The molecule has 6 heteroatoms. The smallest absolute Gasteiger partial charge is 0.224 e. The number of hydrogen-bond donors (Lipinski definition) is 0. The van der Waals surface area contributed by atoms with Gasteiger partial charge in [0.1, 0.15) is 11.6 Å². The Morgan fingerprint density at radius 2 is 1.39 bits per heavy atom. The molecule has 0 aromatic carbocycles. The summed E-state index contributed by atoms with van der Waals surface area (Å²) >= 11 is 0. The van der Waals surface area contributed by atoms with Gasteiger partial charge in [0, 0.05) is 58.9 Å². The first-order valence-electron chi connectivity index (χ1n) is 7.29. The second-order valence-electron chi connectivity index (χ2n) is 5.18. The van der Waals surface area contributed by atoms with Crippen molar-refractivity contribution < 1.29 is 9.59 Å². The number of hydrogen-bond acceptors (Lipinski definition) is 4. The van der Waals surface area contributed by atoms with E-state index in [1.165, 1.54) is 23.6 Å². The van der Waals surface area contributed by atoms with Gasteiger partial charge in [-0.25, -0.2) is 4.98 Å². The molecule has 0 atom stereocenters. The fourth-order valence-corrected chi connectivity index (χ4v) is 1.93. The fourth-order valence-electron chi connectivity index (χ4n) is 1.93. The van der Waals surface area contributed by atoms with Crippen molar-refractivity contribution in [3.05, 3.63) is 37.4 Å². The molecule has 0 radical (unpaired) electrons. The molecule has 0 saturated carbocycles. The van der Waals surface area contributed by atoms with Crippen LogP contribution in [0.2, 0.25) is 0 Å². The van der Waals surface area contributed by atoms with Gasteiger partial charge in [0.25, 0.3) is 0 Å². The minimum absolute atomic E-state index is 0.134. The summed E-state index contributed by atoms with van der Waals surface area (Å²) in [5.74, 6) is 0.697. The molecule has 124 valence electrons. The minimum atomic E-state index is -0.134. The van der Waals surface area contributed by atoms with Crippen LogP contribution in [-0.2, 0) is 9.59 Å². The summed E-state index contributed by atoms with van der Waals surface area (Å²) in [5, 5.41) is 0. The summed E-state index contributed by atoms with van der Waals surface area (Å²) < 4.78 is 0. The van der Waals surface area contributed by atoms with Gasteiger partial charge in [0.05, 0.1) is 0 Å². The standard InChI is InChI=1S/C17H24N4O2/c1-7-9-21(10-8-2)15-11-16(19(5)13(3)22)18-17(12-15)20(6)14(4)23/h7-8,11-12H,1-2,9-10H2,3-6H3. The normalized spacial score (nSPS) is 9.91. The Balaban J connectivity index is 3.43. The Bertz CT molecular complexity index is 564. The molecule has 2 amide bonds. The maximum absolute atomic E-state index is 11.7. The third kappa shape index (κ3) is 4.67. The van der Waals surface area contributed by atoms with Crippen LogP contribution in [0.25, 0.3) is 0 Å². The van der Waals surface area contributed by atoms with Crippen molar-refractivity contribution in [2.45, 2.75) is 13.8 Å². The molecule has 6 nitrogen and oxygen atoms in total. The van der Waals surface area contributed by atoms with Gasteiger partial charge < -0.3 is 14.7 Å². The van der Waals surface area contributed by atoms with E-state index in [1.807, 2.05) is 17.0 Å². The van der Waals surface area contributed by atoms with Crippen LogP contribution in [0.1, 0.15) is 13.8 Å². The highest BCUT2D eigenvalue weighted by molar-refractivity contribution is 5.93. The van der Waals surface area contributed by atoms with E-state index in [9.17, 15) is 9.59 Å². The van der Waals surface area contributed by atoms with Crippen molar-refractivity contribution in [3.63, 3.8) is 0 Å². The zero-order chi connectivity index (χ0) is 17.6. The maximum Gasteiger partial charge on any atom is 0.224 e. The van der Waals surface area contributed by atoms with Gasteiger partial charge in [-0.1, -0.05) is 12.2 Å². The van der Waals surface area contributed by atoms with E-state index < -0.39 is 0 Å². The number of pyridine rings is 1. The van der Waals surface area contributed by atoms with Gasteiger partial charge in [0.15, 0.2) is 0 Å². The molecule has 1 rings (SSSR count). The predicted molar refractivity (Wildman–Crippen MR) is 95.0 cm³/mol. The van der Waals surface area contributed by atoms with Crippen LogP contribution in [0.3, 0.4) is 0 Å². The molecule has 0 aliphatic heterocycles. The van der Waals surface area contributed by atoms with Gasteiger partial charge in [-0.05, 0) is 0 Å². The van der Waals surface area contributed by atoms with Crippen molar-refractivity contribution in [1.82, 2.24) is 4.98 Å². The van der Waals surface area contributed by atoms with Crippen LogP contribution in [0.15, 0.2) is 37.4 Å². The van der Waals surface area contributed by atoms with Crippen LogP contribution in [0.4, 0.5) is 17.3 Å². The lowest BCUT2D eigenvalue weighted by molar-refractivity contribution is -0.117. The van der Waals surface area contributed by atoms with Gasteiger partial charge in [-0.15, -0.1) is 13.2 Å². The molecule has 0 bridgehead atoms. The highest BCUT2D eigenvalue weighted by atomic mass is 16.2. The lowest BCUT2D eigenvalue weighted by Crippen LogP contribution is -2.29. The van der Waals surface area contributed by atoms with E-state index in [1.54, 1.807) is 26.2 Å². The summed E-state index contributed by atoms with van der Waals surface area (Å²) in [6, 6.07) is 3.62. The summed E-state index contributed by atoms with van der Waals surface area (Å²) in [6.07, 6.45) is 3.57. The molecule has 1 aromatic heterocycles. The number of anilines is 3. The molecule has 0 N–H and O–H groups in total. The maximum atomic E-state index is 11.7. The average molecular weight is 316 g/mol. The van der Waals surface area contributed by atoms with Gasteiger partial charge in [0.2, 0.25) is 11.8 Å². The lowest BCUT2D eigenvalue weighted by Gasteiger charge is -2.26. The van der Waals surface area contributed by atoms with Crippen LogP contribution < -0.4 is 14.7 Å². The highest BCUT2D eigenvalue weighted by Crippen LogP contribution is 2.26. The molecule has 0 fully saturated rings. The predicted octanol–water partition coefficient (Wildman–Crippen LogP) is 2.23. The first-order valence-corrected chi connectivity index (χ1v) is 7.29. The van der Waals surface area contributed by atoms with Crippen molar-refractivity contribution in [1.29, 1.82) is 0 Å². The van der Waals surface area contributed by atoms with Gasteiger partial charge in [-0.2, -0.15) is 0 Å². The molecule has 0 aliphatic carbocycles. The van der Waals surface area contributed by atoms with Crippen LogP contribution in [-0.4, -0.2) is 44.0 Å². The Kier molecular flexibility index (Phi) is 6.50. The van der Waals surface area contributed by atoms with Crippen molar-refractivity contribution >= 4 is 29.1 Å². The highest BCUT2D eigenvalue weighted by Gasteiger charge is 2.16. The SMILES string of the molecule is C=CCN(CC=C)c1cc(N(C)C(C)=O)nc(N(C)C(C)=O)c1. The number of amides is 2. The van der Waals surface area contributed by atoms with E-state index in [2.05, 4.69) is 18.1 Å². The summed E-state index contributed by atoms with van der Waals surface area (Å²) in [7, 11) is 3.30. The fraction of sp³-hybridized carbons (Fsp3) is 0.353. The topological polar surface area (TPSA) is 56.8 Å². The Morgan fingerprint density at radius 1 is 1.00 bits per heavy atom. The Hall–Kier alpha value is -2.63. The van der Waals surface area contributed by atoms with E-state index in [4.69, 9.17) is 0 Å². The Labute approximate surface area is 137 Å². The van der Waals surface area contributed by atoms with Gasteiger partial charge in [-0.3, -0.25) is 9.59 Å². The first-order chi connectivity index (χ1) is 10.8. The van der Waals surface area contributed by atoms with Crippen molar-refractivity contribution in [2.75, 3.05) is 41.9 Å². The van der Waals surface area contributed by atoms with Crippen molar-refractivity contribution in [3.8, 4) is 0 Å². The monoisotopic (exact) mass is 316 g/mol. The number of rotatable bonds is 7. The molecular weight excluding hydrogens is 292 g/mol. The Morgan fingerprint density at radius 3 is 1.70 bits per heavy atom. The van der Waals surface area contributed by atoms with E-state index in [0.29, 0.717) is 24.7 Å². The third-order valence-corrected chi connectivity index (χ3v) is 3.48. The zero-order valence-electron chi connectivity index (χ0n) is 14.2. The molecule has 0 unspecified atom stereocenters. The summed E-state index contributed by atoms with van der Waals surface area (Å²) in [6.45, 7) is 11.7. The molecule has 0 spiro atoms. The largest absolute Gasteiger partial charge is 0.364 e. The summed E-state index contributed by atoms with van der Waals surface area (Å²) in [4.78, 5) is 32.6. The molecule has 23 heavy (non-hydrogen) atoms. The van der Waals surface area contributed by atoms with Crippen LogP contribution in [0.5, 0.6) is 0 Å². The van der Waals surface area contributed by atoms with Crippen LogP contribution >= 0.6 is 0 Å².